The van der Waals surface area contributed by atoms with Crippen molar-refractivity contribution in [2.75, 3.05) is 6.61 Å². The fraction of sp³-hybridized carbons (Fsp3) is 0.375. The van der Waals surface area contributed by atoms with Gasteiger partial charge in [0.05, 0.1) is 12.7 Å². The summed E-state index contributed by atoms with van der Waals surface area (Å²) in [6.07, 6.45) is 3.67. The van der Waals surface area contributed by atoms with Crippen molar-refractivity contribution >= 4 is 6.08 Å². The molecule has 0 aliphatic carbocycles. The van der Waals surface area contributed by atoms with Crippen LogP contribution in [0.1, 0.15) is 12.6 Å². The molecule has 0 amide bonds. The highest BCUT2D eigenvalue weighted by molar-refractivity contribution is 5.48. The van der Waals surface area contributed by atoms with E-state index < -0.39 is 6.10 Å². The Kier molecular flexibility index (Phi) is 3.01. The van der Waals surface area contributed by atoms with E-state index in [0.29, 0.717) is 11.3 Å². The predicted octanol–water partition coefficient (Wildman–Crippen LogP) is 0.431. The molecule has 0 aliphatic rings. The van der Waals surface area contributed by atoms with Crippen LogP contribution in [0.3, 0.4) is 0 Å². The lowest BCUT2D eigenvalue weighted by Crippen LogP contribution is -2.07. The first kappa shape index (κ1) is 8.96. The van der Waals surface area contributed by atoms with Crippen molar-refractivity contribution < 1.29 is 14.6 Å². The zero-order valence-electron chi connectivity index (χ0n) is 6.77. The number of oxazole rings is 1. The van der Waals surface area contributed by atoms with Crippen molar-refractivity contribution in [3.8, 4) is 0 Å². The van der Waals surface area contributed by atoms with Gasteiger partial charge in [0.1, 0.15) is 12.0 Å². The van der Waals surface area contributed by atoms with E-state index in [0.717, 1.165) is 0 Å². The maximum Gasteiger partial charge on any atom is 0.181 e. The van der Waals surface area contributed by atoms with Crippen molar-refractivity contribution in [1.82, 2.24) is 4.98 Å². The number of rotatable bonds is 3. The number of nitrogens with zero attached hydrogens (tertiary/aromatic N) is 1. The van der Waals surface area contributed by atoms with Crippen LogP contribution in [0.4, 0.5) is 0 Å². The lowest BCUT2D eigenvalue weighted by molar-refractivity contribution is 0.206. The van der Waals surface area contributed by atoms with Gasteiger partial charge in [-0.1, -0.05) is 0 Å². The molecule has 0 saturated carbocycles. The molecule has 0 aliphatic heterocycles. The van der Waals surface area contributed by atoms with E-state index in [4.69, 9.17) is 14.6 Å². The van der Waals surface area contributed by atoms with Crippen molar-refractivity contribution in [2.24, 2.45) is 0 Å². The van der Waals surface area contributed by atoms with Crippen molar-refractivity contribution in [3.63, 3.8) is 0 Å². The average molecular weight is 169 g/mol. The summed E-state index contributed by atoms with van der Waals surface area (Å²) in [6.45, 7) is 1.41. The lowest BCUT2D eigenvalue weighted by Gasteiger charge is -2.04. The smallest absolute Gasteiger partial charge is 0.181 e. The molecule has 0 aromatic carbocycles. The summed E-state index contributed by atoms with van der Waals surface area (Å²) in [5.41, 5.74) is 1.11. The summed E-state index contributed by atoms with van der Waals surface area (Å²) in [4.78, 5) is 3.82. The van der Waals surface area contributed by atoms with Crippen molar-refractivity contribution in [3.05, 3.63) is 23.9 Å². The minimum absolute atomic E-state index is 0.176. The molecule has 0 radical (unpaired) electrons. The minimum Gasteiger partial charge on any atom is -0.451 e. The van der Waals surface area contributed by atoms with E-state index in [1.807, 2.05) is 0 Å². The Balaban J connectivity index is 2.78. The SMILES string of the molecule is CC(O)/C(=C/c1cocn1)CO. The maximum absolute atomic E-state index is 9.12. The second-order valence-corrected chi connectivity index (χ2v) is 2.47. The molecule has 0 spiro atoms. The van der Waals surface area contributed by atoms with E-state index >= 15 is 0 Å². The fourth-order valence-electron chi connectivity index (χ4n) is 0.781. The van der Waals surface area contributed by atoms with Crippen LogP contribution < -0.4 is 0 Å². The standard InChI is InChI=1S/C8H11NO3/c1-6(11)7(3-10)2-8-4-12-5-9-8/h2,4-6,10-11H,3H2,1H3/b7-2+. The van der Waals surface area contributed by atoms with Crippen LogP contribution in [0.15, 0.2) is 22.6 Å². The zero-order valence-corrected chi connectivity index (χ0v) is 6.77. The van der Waals surface area contributed by atoms with Gasteiger partial charge in [-0.25, -0.2) is 4.98 Å². The molecule has 1 atom stereocenters. The van der Waals surface area contributed by atoms with Crippen LogP contribution in [-0.4, -0.2) is 27.9 Å². The highest BCUT2D eigenvalue weighted by Crippen LogP contribution is 2.07. The Labute approximate surface area is 70.2 Å². The highest BCUT2D eigenvalue weighted by Gasteiger charge is 2.03. The Morgan fingerprint density at radius 2 is 2.58 bits per heavy atom. The van der Waals surface area contributed by atoms with Crippen LogP contribution in [0.2, 0.25) is 0 Å². The highest BCUT2D eigenvalue weighted by atomic mass is 16.3. The number of aromatic nitrogens is 1. The van der Waals surface area contributed by atoms with Gasteiger partial charge < -0.3 is 14.6 Å². The van der Waals surface area contributed by atoms with Crippen LogP contribution in [0.25, 0.3) is 6.08 Å². The third kappa shape index (κ3) is 2.18. The van der Waals surface area contributed by atoms with Crippen molar-refractivity contribution in [2.45, 2.75) is 13.0 Å². The molecular weight excluding hydrogens is 158 g/mol. The van der Waals surface area contributed by atoms with Gasteiger partial charge in [0.25, 0.3) is 0 Å². The summed E-state index contributed by atoms with van der Waals surface area (Å²) in [6, 6.07) is 0. The van der Waals surface area contributed by atoms with E-state index in [-0.39, 0.29) is 6.61 Å². The Hall–Kier alpha value is -1.13. The quantitative estimate of drug-likeness (QED) is 0.688. The maximum atomic E-state index is 9.12. The Bertz CT molecular complexity index is 251. The van der Waals surface area contributed by atoms with E-state index in [2.05, 4.69) is 4.98 Å². The molecule has 66 valence electrons. The van der Waals surface area contributed by atoms with Gasteiger partial charge in [0.2, 0.25) is 0 Å². The monoisotopic (exact) mass is 169 g/mol. The molecule has 1 rings (SSSR count). The summed E-state index contributed by atoms with van der Waals surface area (Å²) in [5, 5.41) is 17.9. The van der Waals surface area contributed by atoms with Crippen molar-refractivity contribution in [1.29, 1.82) is 0 Å². The molecule has 0 bridgehead atoms. The van der Waals surface area contributed by atoms with Gasteiger partial charge in [-0.3, -0.25) is 0 Å². The first-order valence-electron chi connectivity index (χ1n) is 3.61. The topological polar surface area (TPSA) is 66.5 Å². The third-order valence-electron chi connectivity index (χ3n) is 1.50. The number of aliphatic hydroxyl groups excluding tert-OH is 2. The van der Waals surface area contributed by atoms with Crippen LogP contribution in [0, 0.1) is 0 Å². The first-order chi connectivity index (χ1) is 5.74. The van der Waals surface area contributed by atoms with Crippen LogP contribution >= 0.6 is 0 Å². The summed E-state index contributed by atoms with van der Waals surface area (Å²) in [7, 11) is 0. The largest absolute Gasteiger partial charge is 0.451 e. The number of aliphatic hydroxyl groups is 2. The molecule has 4 heteroatoms. The zero-order chi connectivity index (χ0) is 8.97. The minimum atomic E-state index is -0.660. The molecule has 12 heavy (non-hydrogen) atoms. The molecule has 1 unspecified atom stereocenters. The van der Waals surface area contributed by atoms with Gasteiger partial charge in [-0.2, -0.15) is 0 Å². The molecule has 1 heterocycles. The first-order valence-corrected chi connectivity index (χ1v) is 3.61. The Morgan fingerprint density at radius 1 is 1.83 bits per heavy atom. The molecule has 4 nitrogen and oxygen atoms in total. The predicted molar refractivity (Wildman–Crippen MR) is 43.2 cm³/mol. The van der Waals surface area contributed by atoms with Gasteiger partial charge in [0.15, 0.2) is 6.39 Å². The van der Waals surface area contributed by atoms with Gasteiger partial charge in [0, 0.05) is 0 Å². The summed E-state index contributed by atoms with van der Waals surface area (Å²) < 4.78 is 4.72. The van der Waals surface area contributed by atoms with E-state index in [1.165, 1.54) is 12.7 Å². The normalized spacial score (nSPS) is 14.8. The Morgan fingerprint density at radius 3 is 3.00 bits per heavy atom. The second-order valence-electron chi connectivity index (χ2n) is 2.47. The summed E-state index contributed by atoms with van der Waals surface area (Å²) >= 11 is 0. The van der Waals surface area contributed by atoms with Crippen LogP contribution in [-0.2, 0) is 0 Å². The molecule has 0 fully saturated rings. The lowest BCUT2D eigenvalue weighted by atomic mass is 10.1. The molecule has 0 saturated heterocycles. The second kappa shape index (κ2) is 4.04. The number of hydrogen-bond acceptors (Lipinski definition) is 4. The molecule has 1 aromatic rings. The summed E-state index contributed by atoms with van der Waals surface area (Å²) in [5.74, 6) is 0. The van der Waals surface area contributed by atoms with E-state index in [9.17, 15) is 0 Å². The molecule has 2 N–H and O–H groups in total. The molecular formula is C8H11NO3. The van der Waals surface area contributed by atoms with Gasteiger partial charge >= 0.3 is 0 Å². The average Bonchev–Trinajstić information content (AvgIpc) is 2.51. The van der Waals surface area contributed by atoms with Gasteiger partial charge in [-0.05, 0) is 18.6 Å². The fourth-order valence-corrected chi connectivity index (χ4v) is 0.781. The van der Waals surface area contributed by atoms with Gasteiger partial charge in [-0.15, -0.1) is 0 Å². The molecule has 1 aromatic heterocycles. The third-order valence-corrected chi connectivity index (χ3v) is 1.50. The van der Waals surface area contributed by atoms with E-state index in [1.54, 1.807) is 13.0 Å². The number of hydrogen-bond donors (Lipinski definition) is 2. The van der Waals surface area contributed by atoms with Crippen LogP contribution in [0.5, 0.6) is 0 Å².